The third-order valence-corrected chi connectivity index (χ3v) is 12.6. The van der Waals surface area contributed by atoms with Crippen molar-refractivity contribution < 1.29 is 28.7 Å². The molecule has 2 saturated heterocycles. The molecule has 2 aliphatic rings. The van der Waals surface area contributed by atoms with Crippen molar-refractivity contribution in [3.63, 3.8) is 0 Å². The summed E-state index contributed by atoms with van der Waals surface area (Å²) in [5.74, 6) is 0.976. The minimum absolute atomic E-state index is 0.107. The van der Waals surface area contributed by atoms with Crippen molar-refractivity contribution in [2.24, 2.45) is 5.92 Å². The van der Waals surface area contributed by atoms with Crippen molar-refractivity contribution in [2.45, 2.75) is 63.7 Å². The molecule has 8 rings (SSSR count). The lowest BCUT2D eigenvalue weighted by molar-refractivity contribution is -0.135. The molecular formula is C45H48N8O6S. The van der Waals surface area contributed by atoms with Gasteiger partial charge in [0.25, 0.3) is 5.91 Å². The maximum absolute atomic E-state index is 14.0. The van der Waals surface area contributed by atoms with Gasteiger partial charge in [0.05, 0.1) is 50.1 Å². The van der Waals surface area contributed by atoms with Crippen LogP contribution in [0.15, 0.2) is 91.3 Å². The van der Waals surface area contributed by atoms with Crippen molar-refractivity contribution in [1.29, 1.82) is 0 Å². The highest BCUT2D eigenvalue weighted by Crippen LogP contribution is 2.39. The quantitative estimate of drug-likeness (QED) is 0.101. The molecule has 1 unspecified atom stereocenters. The number of aromatic nitrogens is 4. The fraction of sp³-hybridized carbons (Fsp3) is 0.333. The van der Waals surface area contributed by atoms with Crippen LogP contribution in [-0.2, 0) is 19.1 Å². The zero-order chi connectivity index (χ0) is 41.9. The molecule has 60 heavy (non-hydrogen) atoms. The van der Waals surface area contributed by atoms with Gasteiger partial charge in [0.15, 0.2) is 0 Å². The number of methoxy groups -OCH3 is 2. The predicted octanol–water partition coefficient (Wildman–Crippen LogP) is 8.15. The second kappa shape index (κ2) is 17.4. The summed E-state index contributed by atoms with van der Waals surface area (Å²) in [7, 11) is 2.57. The molecule has 6 aromatic rings. The van der Waals surface area contributed by atoms with Crippen LogP contribution in [0.1, 0.15) is 74.9 Å². The molecule has 3 aromatic carbocycles. The number of imidazole rings is 2. The largest absolute Gasteiger partial charge is 0.453 e. The zero-order valence-electron chi connectivity index (χ0n) is 33.9. The molecule has 0 saturated carbocycles. The van der Waals surface area contributed by atoms with Gasteiger partial charge in [0.1, 0.15) is 23.7 Å². The molecule has 0 aliphatic carbocycles. The van der Waals surface area contributed by atoms with Crippen LogP contribution >= 0.6 is 11.3 Å². The van der Waals surface area contributed by atoms with E-state index in [2.05, 4.69) is 69.1 Å². The Morgan fingerprint density at radius 1 is 0.717 bits per heavy atom. The third kappa shape index (κ3) is 8.21. The lowest BCUT2D eigenvalue weighted by Crippen LogP contribution is -2.51. The number of nitrogens with zero attached hydrogens (tertiary/aromatic N) is 4. The van der Waals surface area contributed by atoms with Gasteiger partial charge >= 0.3 is 12.2 Å². The van der Waals surface area contributed by atoms with Gasteiger partial charge in [-0.05, 0) is 65.8 Å². The number of carbonyl (C=O) groups excluding carboxylic acids is 4. The molecule has 4 N–H and O–H groups in total. The molecule has 310 valence electrons. The van der Waals surface area contributed by atoms with E-state index in [0.29, 0.717) is 24.5 Å². The van der Waals surface area contributed by atoms with Gasteiger partial charge in [-0.3, -0.25) is 9.59 Å². The Hall–Kier alpha value is -6.48. The first-order valence-electron chi connectivity index (χ1n) is 20.2. The smallest absolute Gasteiger partial charge is 0.407 e. The van der Waals surface area contributed by atoms with E-state index in [1.54, 1.807) is 16.2 Å². The number of carbonyl (C=O) groups is 4. The predicted molar refractivity (Wildman–Crippen MR) is 229 cm³/mol. The SMILES string of the molecule is COC(=O)NC(C(=O)N1CCC[C@H]1c1ncc(-c2ccc(-c3cc4ccc(-c5cnc([C@@H]6CCCN6C(=O)[C@H](NC(=O)OC)c6ccccc6)[nH]5)cc4s3)cc2)[nH]1)C(C)C. The first kappa shape index (κ1) is 40.3. The minimum Gasteiger partial charge on any atom is -0.453 e. The fourth-order valence-electron chi connectivity index (χ4n) is 8.24. The molecule has 0 spiro atoms. The number of fused-ring (bicyclic) bond motifs is 1. The van der Waals surface area contributed by atoms with Gasteiger partial charge in [-0.1, -0.05) is 80.6 Å². The van der Waals surface area contributed by atoms with Gasteiger partial charge < -0.3 is 39.9 Å². The highest BCUT2D eigenvalue weighted by atomic mass is 32.1. The molecule has 0 radical (unpaired) electrons. The van der Waals surface area contributed by atoms with E-state index in [1.165, 1.54) is 14.2 Å². The molecule has 2 aliphatic heterocycles. The van der Waals surface area contributed by atoms with Crippen LogP contribution < -0.4 is 10.6 Å². The number of benzene rings is 3. The van der Waals surface area contributed by atoms with Crippen LogP contribution in [0, 0.1) is 5.92 Å². The number of amides is 4. The van der Waals surface area contributed by atoms with Crippen molar-refractivity contribution in [3.8, 4) is 33.0 Å². The summed E-state index contributed by atoms with van der Waals surface area (Å²) in [5.41, 5.74) is 5.48. The van der Waals surface area contributed by atoms with Gasteiger partial charge in [-0.2, -0.15) is 0 Å². The number of alkyl carbamates (subject to hydrolysis) is 2. The second-order valence-electron chi connectivity index (χ2n) is 15.5. The molecule has 4 amide bonds. The Morgan fingerprint density at radius 3 is 1.90 bits per heavy atom. The number of thiophene rings is 1. The van der Waals surface area contributed by atoms with E-state index in [9.17, 15) is 19.2 Å². The average Bonchev–Trinajstić information content (AvgIpc) is 4.13. The Labute approximate surface area is 351 Å². The Balaban J connectivity index is 0.953. The Kier molecular flexibility index (Phi) is 11.7. The minimum atomic E-state index is -0.881. The highest BCUT2D eigenvalue weighted by molar-refractivity contribution is 7.22. The Bertz CT molecular complexity index is 2500. The van der Waals surface area contributed by atoms with Gasteiger partial charge in [0, 0.05) is 28.2 Å². The van der Waals surface area contributed by atoms with E-state index >= 15 is 0 Å². The number of rotatable bonds is 11. The molecule has 14 nitrogen and oxygen atoms in total. The maximum atomic E-state index is 14.0. The van der Waals surface area contributed by atoms with Crippen LogP contribution in [0.5, 0.6) is 0 Å². The zero-order valence-corrected chi connectivity index (χ0v) is 34.8. The molecule has 0 bridgehead atoms. The Morgan fingerprint density at radius 2 is 1.28 bits per heavy atom. The normalized spacial score (nSPS) is 17.5. The summed E-state index contributed by atoms with van der Waals surface area (Å²) < 4.78 is 10.7. The van der Waals surface area contributed by atoms with Gasteiger partial charge in [0.2, 0.25) is 5.91 Å². The molecule has 4 atom stereocenters. The molecule has 3 aromatic heterocycles. The number of likely N-dealkylation sites (tertiary alicyclic amines) is 2. The molecule has 15 heteroatoms. The van der Waals surface area contributed by atoms with E-state index in [1.807, 2.05) is 61.5 Å². The van der Waals surface area contributed by atoms with Crippen LogP contribution in [0.2, 0.25) is 0 Å². The first-order chi connectivity index (χ1) is 29.1. The van der Waals surface area contributed by atoms with Gasteiger partial charge in [-0.25, -0.2) is 19.6 Å². The number of hydrogen-bond acceptors (Lipinski definition) is 9. The van der Waals surface area contributed by atoms with Crippen LogP contribution in [0.4, 0.5) is 9.59 Å². The van der Waals surface area contributed by atoms with Crippen LogP contribution in [0.3, 0.4) is 0 Å². The summed E-state index contributed by atoms with van der Waals surface area (Å²) in [6.07, 6.45) is 5.54. The monoisotopic (exact) mass is 828 g/mol. The van der Waals surface area contributed by atoms with Crippen LogP contribution in [0.25, 0.3) is 43.0 Å². The van der Waals surface area contributed by atoms with E-state index in [4.69, 9.17) is 19.4 Å². The van der Waals surface area contributed by atoms with Crippen molar-refractivity contribution in [2.75, 3.05) is 27.3 Å². The second-order valence-corrected chi connectivity index (χ2v) is 16.6. The van der Waals surface area contributed by atoms with Crippen molar-refractivity contribution in [3.05, 3.63) is 108 Å². The summed E-state index contributed by atoms with van der Waals surface area (Å²) in [5, 5.41) is 6.56. The number of hydrogen-bond donors (Lipinski definition) is 4. The standard InChI is InChI=1S/C45H48N8O6S/c1-26(2)38(50-44(56)58-3)42(54)52-20-8-12-34(52)40-46-24-32(48-40)27-14-16-28(17-15-27)36-23-31-19-18-30(22-37(31)60-36)33-25-47-41(49-33)35-13-9-21-53(35)43(55)39(51-45(57)59-4)29-10-6-5-7-11-29/h5-7,10-11,14-19,22-26,34-35,38-39H,8-9,12-13,20-21H2,1-4H3,(H,46,48)(H,47,49)(H,50,56)(H,51,57)/t34-,35-,38?,39+/m0/s1. The fourth-order valence-corrected chi connectivity index (χ4v) is 9.35. The van der Waals surface area contributed by atoms with E-state index in [-0.39, 0.29) is 29.8 Å². The van der Waals surface area contributed by atoms with Gasteiger partial charge in [-0.15, -0.1) is 11.3 Å². The van der Waals surface area contributed by atoms with E-state index < -0.39 is 24.3 Å². The lowest BCUT2D eigenvalue weighted by atomic mass is 10.0. The summed E-state index contributed by atoms with van der Waals surface area (Å²) in [6.45, 7) is 4.95. The summed E-state index contributed by atoms with van der Waals surface area (Å²) in [6, 6.07) is 24.1. The maximum Gasteiger partial charge on any atom is 0.407 e. The van der Waals surface area contributed by atoms with E-state index in [0.717, 1.165) is 74.5 Å². The number of nitrogens with one attached hydrogen (secondary N) is 4. The average molecular weight is 829 g/mol. The summed E-state index contributed by atoms with van der Waals surface area (Å²) >= 11 is 1.71. The molecule has 5 heterocycles. The molecule has 2 fully saturated rings. The van der Waals surface area contributed by atoms with Crippen molar-refractivity contribution in [1.82, 2.24) is 40.4 Å². The topological polar surface area (TPSA) is 175 Å². The molecular weight excluding hydrogens is 781 g/mol. The highest BCUT2D eigenvalue weighted by Gasteiger charge is 2.39. The first-order valence-corrected chi connectivity index (χ1v) is 21.0. The number of aromatic amines is 2. The van der Waals surface area contributed by atoms with Crippen molar-refractivity contribution >= 4 is 45.4 Å². The summed E-state index contributed by atoms with van der Waals surface area (Å²) in [4.78, 5) is 72.9. The lowest BCUT2D eigenvalue weighted by Gasteiger charge is -2.30. The van der Waals surface area contributed by atoms with Crippen LogP contribution in [-0.4, -0.2) is 87.1 Å². The number of ether oxygens (including phenoxy) is 2. The number of H-pyrrole nitrogens is 2. The third-order valence-electron chi connectivity index (χ3n) is 11.4.